The zero-order chi connectivity index (χ0) is 25.9. The summed E-state index contributed by atoms with van der Waals surface area (Å²) >= 11 is 0. The molecule has 0 aliphatic carbocycles. The van der Waals surface area contributed by atoms with E-state index < -0.39 is 0 Å². The first-order valence-electron chi connectivity index (χ1n) is 11.7. The average molecular weight is 463 g/mol. The second kappa shape index (κ2) is 18.1. The molecule has 0 aliphatic heterocycles. The summed E-state index contributed by atoms with van der Waals surface area (Å²) in [7, 11) is 0. The van der Waals surface area contributed by atoms with Gasteiger partial charge in [0.1, 0.15) is 5.76 Å². The van der Waals surface area contributed by atoms with Gasteiger partial charge >= 0.3 is 5.97 Å². The third-order valence-electron chi connectivity index (χ3n) is 4.51. The van der Waals surface area contributed by atoms with Crippen molar-refractivity contribution in [2.24, 2.45) is 0 Å². The van der Waals surface area contributed by atoms with Crippen LogP contribution in [0.5, 0.6) is 0 Å². The Bertz CT molecular complexity index is 877. The fraction of sp³-hybridized carbons (Fsp3) is 0.323. The molecule has 0 bridgehead atoms. The summed E-state index contributed by atoms with van der Waals surface area (Å²) in [5, 5.41) is 0. The number of hydrogen-bond donors (Lipinski definition) is 0. The van der Waals surface area contributed by atoms with Crippen molar-refractivity contribution in [1.29, 1.82) is 0 Å². The molecule has 0 atom stereocenters. The van der Waals surface area contributed by atoms with Gasteiger partial charge in [0, 0.05) is 5.57 Å². The van der Waals surface area contributed by atoms with E-state index in [1.165, 1.54) is 0 Å². The second-order valence-electron chi connectivity index (χ2n) is 7.98. The van der Waals surface area contributed by atoms with E-state index in [2.05, 4.69) is 50.8 Å². The van der Waals surface area contributed by atoms with Gasteiger partial charge < -0.3 is 9.47 Å². The Morgan fingerprint density at radius 3 is 1.47 bits per heavy atom. The maximum Gasteiger partial charge on any atom is 0.333 e. The van der Waals surface area contributed by atoms with E-state index >= 15 is 0 Å². The molecule has 0 rings (SSSR count). The SMILES string of the molecule is C=C(OCC)C(C)=CC(C)=CC=CC(C)=CC=CC=C(C)C=CC=C(C)C=C(C)C(=O)OCC. The highest BCUT2D eigenvalue weighted by atomic mass is 16.5. The Balaban J connectivity index is 4.87. The van der Waals surface area contributed by atoms with Crippen molar-refractivity contribution in [3.8, 4) is 0 Å². The molecule has 0 amide bonds. The molecule has 3 heteroatoms. The zero-order valence-corrected chi connectivity index (χ0v) is 22.3. The second-order valence-corrected chi connectivity index (χ2v) is 7.98. The predicted molar refractivity (Wildman–Crippen MR) is 147 cm³/mol. The van der Waals surface area contributed by atoms with Crippen LogP contribution in [0.1, 0.15) is 55.4 Å². The van der Waals surface area contributed by atoms with Crippen LogP contribution in [0, 0.1) is 0 Å². The molecule has 0 aliphatic rings. The highest BCUT2D eigenvalue weighted by Crippen LogP contribution is 2.12. The van der Waals surface area contributed by atoms with E-state index in [-0.39, 0.29) is 5.97 Å². The summed E-state index contributed by atoms with van der Waals surface area (Å²) < 4.78 is 10.4. The van der Waals surface area contributed by atoms with Crippen LogP contribution in [-0.2, 0) is 14.3 Å². The van der Waals surface area contributed by atoms with Gasteiger partial charge in [0.25, 0.3) is 0 Å². The van der Waals surface area contributed by atoms with Crippen molar-refractivity contribution in [2.45, 2.75) is 55.4 Å². The minimum absolute atomic E-state index is 0.277. The first kappa shape index (κ1) is 30.7. The number of allylic oxidation sites excluding steroid dienone is 17. The molecule has 0 spiro atoms. The maximum absolute atomic E-state index is 11.7. The van der Waals surface area contributed by atoms with Gasteiger partial charge in [0.15, 0.2) is 0 Å². The fourth-order valence-corrected chi connectivity index (χ4v) is 2.68. The van der Waals surface area contributed by atoms with Gasteiger partial charge in [-0.25, -0.2) is 4.79 Å². The molecule has 0 aromatic carbocycles. The Kier molecular flexibility index (Phi) is 16.4. The number of hydrogen-bond acceptors (Lipinski definition) is 3. The van der Waals surface area contributed by atoms with Crippen LogP contribution >= 0.6 is 0 Å². The topological polar surface area (TPSA) is 35.5 Å². The summed E-state index contributed by atoms with van der Waals surface area (Å²) in [6.45, 7) is 20.6. The molecule has 34 heavy (non-hydrogen) atoms. The van der Waals surface area contributed by atoms with E-state index in [0.29, 0.717) is 24.5 Å². The molecule has 0 saturated carbocycles. The third-order valence-corrected chi connectivity index (χ3v) is 4.51. The van der Waals surface area contributed by atoms with Gasteiger partial charge in [-0.05, 0) is 67.0 Å². The normalized spacial score (nSPS) is 15.1. The molecule has 0 N–H and O–H groups in total. The molecule has 3 nitrogen and oxygen atoms in total. The minimum Gasteiger partial charge on any atom is -0.494 e. The Hall–Kier alpha value is -3.33. The first-order chi connectivity index (χ1) is 16.1. The molecule has 0 saturated heterocycles. The highest BCUT2D eigenvalue weighted by Gasteiger charge is 2.03. The lowest BCUT2D eigenvalue weighted by Crippen LogP contribution is -2.04. The molecule has 0 heterocycles. The standard InChI is InChI=1S/C31H42O3/c1-10-33-30(9)28(7)22-26(5)20-14-18-24(3)16-12-13-17-25(4)19-15-21-27(6)23-29(8)31(32)34-11-2/h12-23H,9-11H2,1-8H3. The van der Waals surface area contributed by atoms with Crippen LogP contribution in [0.2, 0.25) is 0 Å². The molecule has 0 aromatic heterocycles. The summed E-state index contributed by atoms with van der Waals surface area (Å²) in [4.78, 5) is 11.7. The van der Waals surface area contributed by atoms with E-state index in [0.717, 1.165) is 27.9 Å². The van der Waals surface area contributed by atoms with E-state index in [4.69, 9.17) is 9.47 Å². The quantitative estimate of drug-likeness (QED) is 0.119. The van der Waals surface area contributed by atoms with Crippen molar-refractivity contribution < 1.29 is 14.3 Å². The van der Waals surface area contributed by atoms with Crippen LogP contribution in [0.15, 0.2) is 119 Å². The number of rotatable bonds is 13. The highest BCUT2D eigenvalue weighted by molar-refractivity contribution is 5.88. The fourth-order valence-electron chi connectivity index (χ4n) is 2.68. The van der Waals surface area contributed by atoms with Gasteiger partial charge in [-0.15, -0.1) is 0 Å². The predicted octanol–water partition coefficient (Wildman–Crippen LogP) is 8.45. The smallest absolute Gasteiger partial charge is 0.333 e. The minimum atomic E-state index is -0.277. The summed E-state index contributed by atoms with van der Waals surface area (Å²) in [6, 6.07) is 0. The van der Waals surface area contributed by atoms with Crippen molar-refractivity contribution in [3.63, 3.8) is 0 Å². The van der Waals surface area contributed by atoms with Crippen molar-refractivity contribution in [3.05, 3.63) is 119 Å². The number of carbonyl (C=O) groups is 1. The summed E-state index contributed by atoms with van der Waals surface area (Å²) in [5.41, 5.74) is 6.04. The molecular weight excluding hydrogens is 420 g/mol. The Morgan fingerprint density at radius 2 is 1.03 bits per heavy atom. The zero-order valence-electron chi connectivity index (χ0n) is 22.3. The van der Waals surface area contributed by atoms with Crippen molar-refractivity contribution in [2.75, 3.05) is 13.2 Å². The number of ether oxygens (including phenoxy) is 2. The Morgan fingerprint density at radius 1 is 0.618 bits per heavy atom. The van der Waals surface area contributed by atoms with Crippen LogP contribution in [0.25, 0.3) is 0 Å². The van der Waals surface area contributed by atoms with Crippen molar-refractivity contribution >= 4 is 5.97 Å². The molecule has 184 valence electrons. The monoisotopic (exact) mass is 462 g/mol. The lowest BCUT2D eigenvalue weighted by Gasteiger charge is -2.06. The van der Waals surface area contributed by atoms with Crippen LogP contribution in [0.4, 0.5) is 0 Å². The molecular formula is C31H42O3. The summed E-state index contributed by atoms with van der Waals surface area (Å²) in [5.74, 6) is 0.436. The van der Waals surface area contributed by atoms with Crippen molar-refractivity contribution in [1.82, 2.24) is 0 Å². The Labute approximate surface area is 207 Å². The molecule has 0 radical (unpaired) electrons. The van der Waals surface area contributed by atoms with E-state index in [1.54, 1.807) is 13.8 Å². The third kappa shape index (κ3) is 15.5. The van der Waals surface area contributed by atoms with Gasteiger partial charge in [0.2, 0.25) is 0 Å². The largest absolute Gasteiger partial charge is 0.494 e. The molecule has 0 fully saturated rings. The van der Waals surface area contributed by atoms with E-state index in [1.807, 2.05) is 70.2 Å². The maximum atomic E-state index is 11.7. The average Bonchev–Trinajstić information content (AvgIpc) is 2.76. The lowest BCUT2D eigenvalue weighted by atomic mass is 10.1. The number of carbonyl (C=O) groups excluding carboxylic acids is 1. The van der Waals surface area contributed by atoms with Gasteiger partial charge in [0.05, 0.1) is 13.2 Å². The van der Waals surface area contributed by atoms with Crippen LogP contribution < -0.4 is 0 Å². The molecule has 0 aromatic rings. The number of esters is 1. The molecule has 0 unspecified atom stereocenters. The van der Waals surface area contributed by atoms with Gasteiger partial charge in [-0.2, -0.15) is 0 Å². The lowest BCUT2D eigenvalue weighted by molar-refractivity contribution is -0.138. The van der Waals surface area contributed by atoms with Crippen LogP contribution in [0.3, 0.4) is 0 Å². The van der Waals surface area contributed by atoms with Gasteiger partial charge in [-0.3, -0.25) is 0 Å². The van der Waals surface area contributed by atoms with E-state index in [9.17, 15) is 4.79 Å². The van der Waals surface area contributed by atoms with Crippen LogP contribution in [-0.4, -0.2) is 19.2 Å². The first-order valence-corrected chi connectivity index (χ1v) is 11.7. The summed E-state index contributed by atoms with van der Waals surface area (Å²) in [6.07, 6.45) is 24.2. The van der Waals surface area contributed by atoms with Gasteiger partial charge in [-0.1, -0.05) is 95.7 Å².